The summed E-state index contributed by atoms with van der Waals surface area (Å²) in [6.07, 6.45) is 8.83. The predicted octanol–water partition coefficient (Wildman–Crippen LogP) is 3.80. The van der Waals surface area contributed by atoms with Gasteiger partial charge < -0.3 is 6.15 Å². The number of hydrogen-bond donors (Lipinski definition) is 1. The van der Waals surface area contributed by atoms with Gasteiger partial charge >= 0.3 is 0 Å². The van der Waals surface area contributed by atoms with Gasteiger partial charge in [0.2, 0.25) is 0 Å². The lowest BCUT2D eigenvalue weighted by Gasteiger charge is -2.09. The summed E-state index contributed by atoms with van der Waals surface area (Å²) in [5, 5.41) is 0. The zero-order valence-corrected chi connectivity index (χ0v) is 7.77. The van der Waals surface area contributed by atoms with Gasteiger partial charge in [-0.2, -0.15) is 0 Å². The fraction of sp³-hybridized carbons (Fsp3) is 0.273. The SMILES string of the molecule is C=C(C)C(=C)C1=CCCC=C1.N.[HH]. The van der Waals surface area contributed by atoms with Crippen LogP contribution in [0, 0.1) is 0 Å². The van der Waals surface area contributed by atoms with Crippen molar-refractivity contribution in [1.82, 2.24) is 6.15 Å². The third-order valence-electron chi connectivity index (χ3n) is 1.86. The van der Waals surface area contributed by atoms with E-state index < -0.39 is 0 Å². The Balaban J connectivity index is 0. The standard InChI is InChI=1S/C11H14.H3N.H2/c1-9(2)10(3)11-7-5-4-6-8-11;;/h5,7-8H,1,3-4,6H2,2H3;1H3;1H. The molecule has 1 heteroatoms. The summed E-state index contributed by atoms with van der Waals surface area (Å²) in [4.78, 5) is 0. The Morgan fingerprint density at radius 2 is 2.08 bits per heavy atom. The van der Waals surface area contributed by atoms with Crippen LogP contribution in [-0.2, 0) is 0 Å². The second kappa shape index (κ2) is 4.73. The van der Waals surface area contributed by atoms with Crippen molar-refractivity contribution in [2.45, 2.75) is 19.8 Å². The van der Waals surface area contributed by atoms with Crippen LogP contribution in [0.2, 0.25) is 0 Å². The molecule has 1 rings (SSSR count). The molecule has 68 valence electrons. The fourth-order valence-electron chi connectivity index (χ4n) is 1.08. The molecule has 0 heterocycles. The summed E-state index contributed by atoms with van der Waals surface area (Å²) < 4.78 is 0. The first-order valence-electron chi connectivity index (χ1n) is 3.93. The molecule has 0 aromatic rings. The largest absolute Gasteiger partial charge is 0.344 e. The Morgan fingerprint density at radius 3 is 2.50 bits per heavy atom. The summed E-state index contributed by atoms with van der Waals surface area (Å²) in [6.45, 7) is 9.81. The van der Waals surface area contributed by atoms with Crippen molar-refractivity contribution in [1.29, 1.82) is 0 Å². The van der Waals surface area contributed by atoms with Crippen molar-refractivity contribution in [3.8, 4) is 0 Å². The van der Waals surface area contributed by atoms with Gasteiger partial charge in [-0.3, -0.25) is 0 Å². The lowest BCUT2D eigenvalue weighted by atomic mass is 9.97. The van der Waals surface area contributed by atoms with E-state index in [4.69, 9.17) is 0 Å². The van der Waals surface area contributed by atoms with E-state index in [2.05, 4.69) is 31.4 Å². The van der Waals surface area contributed by atoms with Gasteiger partial charge in [0.05, 0.1) is 0 Å². The van der Waals surface area contributed by atoms with E-state index in [1.165, 1.54) is 5.57 Å². The highest BCUT2D eigenvalue weighted by molar-refractivity contribution is 5.49. The molecule has 0 radical (unpaired) electrons. The van der Waals surface area contributed by atoms with Crippen molar-refractivity contribution >= 4 is 0 Å². The smallest absolute Gasteiger partial charge is 0 e. The summed E-state index contributed by atoms with van der Waals surface area (Å²) in [6, 6.07) is 0. The normalized spacial score (nSPS) is 14.6. The van der Waals surface area contributed by atoms with Gasteiger partial charge in [-0.25, -0.2) is 0 Å². The number of rotatable bonds is 2. The van der Waals surface area contributed by atoms with Gasteiger partial charge in [-0.1, -0.05) is 37.0 Å². The van der Waals surface area contributed by atoms with Crippen LogP contribution >= 0.6 is 0 Å². The van der Waals surface area contributed by atoms with Crippen molar-refractivity contribution < 1.29 is 1.43 Å². The van der Waals surface area contributed by atoms with E-state index in [-0.39, 0.29) is 7.58 Å². The van der Waals surface area contributed by atoms with Crippen LogP contribution in [0.3, 0.4) is 0 Å². The van der Waals surface area contributed by atoms with Crippen molar-refractivity contribution in [2.75, 3.05) is 0 Å². The van der Waals surface area contributed by atoms with Gasteiger partial charge in [0, 0.05) is 1.43 Å². The monoisotopic (exact) mass is 165 g/mol. The fourth-order valence-corrected chi connectivity index (χ4v) is 1.08. The molecule has 0 aromatic carbocycles. The van der Waals surface area contributed by atoms with Crippen LogP contribution in [0.1, 0.15) is 21.2 Å². The molecule has 0 fully saturated rings. The van der Waals surface area contributed by atoms with Gasteiger partial charge in [-0.05, 0) is 30.9 Å². The summed E-state index contributed by atoms with van der Waals surface area (Å²) in [5.74, 6) is 0. The molecule has 0 spiro atoms. The summed E-state index contributed by atoms with van der Waals surface area (Å²) in [7, 11) is 0. The van der Waals surface area contributed by atoms with Crippen molar-refractivity contribution in [3.63, 3.8) is 0 Å². The van der Waals surface area contributed by atoms with E-state index in [1.54, 1.807) is 0 Å². The zero-order chi connectivity index (χ0) is 8.27. The Labute approximate surface area is 76.2 Å². The lowest BCUT2D eigenvalue weighted by Crippen LogP contribution is -1.89. The highest BCUT2D eigenvalue weighted by Gasteiger charge is 2.01. The summed E-state index contributed by atoms with van der Waals surface area (Å²) >= 11 is 0. The predicted molar refractivity (Wildman–Crippen MR) is 57.5 cm³/mol. The first-order valence-corrected chi connectivity index (χ1v) is 3.93. The van der Waals surface area contributed by atoms with Crippen molar-refractivity contribution in [2.24, 2.45) is 0 Å². The van der Waals surface area contributed by atoms with Crippen LogP contribution in [0.5, 0.6) is 0 Å². The Kier molecular flexibility index (Phi) is 4.30. The van der Waals surface area contributed by atoms with Gasteiger partial charge in [0.25, 0.3) is 0 Å². The van der Waals surface area contributed by atoms with Crippen LogP contribution in [-0.4, -0.2) is 0 Å². The second-order valence-electron chi connectivity index (χ2n) is 2.90. The Bertz CT molecular complexity index is 249. The molecule has 3 N–H and O–H groups in total. The average Bonchev–Trinajstić information content (AvgIpc) is 2.05. The maximum atomic E-state index is 3.96. The van der Waals surface area contributed by atoms with Gasteiger partial charge in [0.1, 0.15) is 0 Å². The molecule has 1 nitrogen and oxygen atoms in total. The first-order chi connectivity index (χ1) is 5.22. The minimum absolute atomic E-state index is 0. The van der Waals surface area contributed by atoms with Crippen LogP contribution in [0.4, 0.5) is 0 Å². The summed E-state index contributed by atoms with van der Waals surface area (Å²) in [5.41, 5.74) is 3.37. The zero-order valence-electron chi connectivity index (χ0n) is 7.77. The van der Waals surface area contributed by atoms with Crippen LogP contribution < -0.4 is 6.15 Å². The molecule has 0 bridgehead atoms. The Morgan fingerprint density at radius 1 is 1.42 bits per heavy atom. The molecule has 1 aliphatic carbocycles. The van der Waals surface area contributed by atoms with Crippen molar-refractivity contribution in [3.05, 3.63) is 48.1 Å². The van der Waals surface area contributed by atoms with Gasteiger partial charge in [-0.15, -0.1) is 0 Å². The molecule has 0 saturated carbocycles. The van der Waals surface area contributed by atoms with E-state index in [1.807, 2.05) is 6.92 Å². The molecular weight excluding hydrogens is 146 g/mol. The van der Waals surface area contributed by atoms with Crippen LogP contribution in [0.25, 0.3) is 0 Å². The second-order valence-corrected chi connectivity index (χ2v) is 2.90. The maximum Gasteiger partial charge on any atom is 0 e. The third-order valence-corrected chi connectivity index (χ3v) is 1.86. The third kappa shape index (κ3) is 2.51. The molecular formula is C11H19N. The molecule has 0 unspecified atom stereocenters. The lowest BCUT2D eigenvalue weighted by molar-refractivity contribution is 1.02. The Hall–Kier alpha value is -1.08. The number of allylic oxidation sites excluding steroid dienone is 6. The minimum Gasteiger partial charge on any atom is -0.344 e. The quantitative estimate of drug-likeness (QED) is 0.620. The minimum atomic E-state index is 0. The molecule has 0 atom stereocenters. The average molecular weight is 165 g/mol. The first kappa shape index (κ1) is 10.9. The molecule has 0 aliphatic heterocycles. The van der Waals surface area contributed by atoms with E-state index in [0.29, 0.717) is 0 Å². The van der Waals surface area contributed by atoms with E-state index in [0.717, 1.165) is 24.0 Å². The van der Waals surface area contributed by atoms with E-state index in [9.17, 15) is 0 Å². The topological polar surface area (TPSA) is 35.0 Å². The molecule has 0 saturated heterocycles. The molecule has 1 aliphatic rings. The highest BCUT2D eigenvalue weighted by Crippen LogP contribution is 2.20. The van der Waals surface area contributed by atoms with E-state index >= 15 is 0 Å². The molecule has 0 aromatic heterocycles. The maximum absolute atomic E-state index is 3.96. The molecule has 0 amide bonds. The van der Waals surface area contributed by atoms with Crippen LogP contribution in [0.15, 0.2) is 48.1 Å². The molecule has 12 heavy (non-hydrogen) atoms. The highest BCUT2D eigenvalue weighted by atomic mass is 14.1. The van der Waals surface area contributed by atoms with Gasteiger partial charge in [0.15, 0.2) is 0 Å². The number of hydrogen-bond acceptors (Lipinski definition) is 1.